The summed E-state index contributed by atoms with van der Waals surface area (Å²) in [6.07, 6.45) is 1.35. The summed E-state index contributed by atoms with van der Waals surface area (Å²) in [7, 11) is 0. The Morgan fingerprint density at radius 2 is 2.21 bits per heavy atom. The van der Waals surface area contributed by atoms with E-state index in [2.05, 4.69) is 22.4 Å². The lowest BCUT2D eigenvalue weighted by Gasteiger charge is -2.23. The van der Waals surface area contributed by atoms with Crippen LogP contribution in [-0.2, 0) is 16.8 Å². The number of aryl methyl sites for hydroxylation is 1. The van der Waals surface area contributed by atoms with Gasteiger partial charge in [0.1, 0.15) is 0 Å². The quantitative estimate of drug-likeness (QED) is 0.907. The van der Waals surface area contributed by atoms with Gasteiger partial charge in [0.15, 0.2) is 11.4 Å². The maximum atomic E-state index is 11.5. The van der Waals surface area contributed by atoms with Gasteiger partial charge in [-0.3, -0.25) is 0 Å². The van der Waals surface area contributed by atoms with Gasteiger partial charge < -0.3 is 5.11 Å². The molecule has 1 atom stereocenters. The van der Waals surface area contributed by atoms with Crippen molar-refractivity contribution in [3.8, 4) is 10.7 Å². The number of aliphatic carboxylic acids is 1. The highest BCUT2D eigenvalue weighted by Crippen LogP contribution is 2.30. The average Bonchev–Trinajstić information content (AvgIpc) is 3.05. The molecule has 0 aliphatic rings. The zero-order chi connectivity index (χ0) is 14.0. The molecule has 102 valence electrons. The summed E-state index contributed by atoms with van der Waals surface area (Å²) in [5.41, 5.74) is -1.13. The molecular formula is C12H16N4O2S. The first kappa shape index (κ1) is 13.7. The molecule has 0 radical (unpaired) electrons. The van der Waals surface area contributed by atoms with Gasteiger partial charge in [0.05, 0.1) is 4.88 Å². The van der Waals surface area contributed by atoms with Crippen LogP contribution in [0.2, 0.25) is 0 Å². The van der Waals surface area contributed by atoms with Gasteiger partial charge in [0.25, 0.3) is 0 Å². The fourth-order valence-corrected chi connectivity index (χ4v) is 2.67. The molecule has 2 heterocycles. The van der Waals surface area contributed by atoms with Crippen molar-refractivity contribution in [2.24, 2.45) is 0 Å². The third-order valence-electron chi connectivity index (χ3n) is 3.32. The summed E-state index contributed by atoms with van der Waals surface area (Å²) in [4.78, 5) is 13.6. The molecule has 2 rings (SSSR count). The molecule has 19 heavy (non-hydrogen) atoms. The van der Waals surface area contributed by atoms with Crippen LogP contribution in [0, 0.1) is 0 Å². The van der Waals surface area contributed by atoms with Crippen LogP contribution in [0.5, 0.6) is 0 Å². The van der Waals surface area contributed by atoms with E-state index in [0.717, 1.165) is 11.3 Å². The third-order valence-corrected chi connectivity index (χ3v) is 4.54. The second-order valence-electron chi connectivity index (χ2n) is 4.47. The minimum absolute atomic E-state index is 0.409. The zero-order valence-corrected chi connectivity index (χ0v) is 11.9. The number of carbonyl (C=O) groups is 1. The number of aromatic nitrogens is 4. The molecule has 0 saturated heterocycles. The molecule has 0 amide bonds. The van der Waals surface area contributed by atoms with Crippen LogP contribution >= 0.6 is 11.3 Å². The van der Waals surface area contributed by atoms with Gasteiger partial charge in [0, 0.05) is 4.88 Å². The smallest absolute Gasteiger partial charge is 0.331 e. The van der Waals surface area contributed by atoms with Gasteiger partial charge in [-0.05, 0) is 42.3 Å². The number of carboxylic acids is 1. The summed E-state index contributed by atoms with van der Waals surface area (Å²) in [6.45, 7) is 5.51. The normalized spacial score (nSPS) is 14.3. The van der Waals surface area contributed by atoms with Crippen molar-refractivity contribution >= 4 is 17.3 Å². The van der Waals surface area contributed by atoms with Crippen molar-refractivity contribution in [2.45, 2.75) is 39.2 Å². The number of rotatable bonds is 5. The summed E-state index contributed by atoms with van der Waals surface area (Å²) in [5.74, 6) is -0.424. The zero-order valence-electron chi connectivity index (χ0n) is 11.1. The minimum atomic E-state index is -1.13. The topological polar surface area (TPSA) is 80.9 Å². The molecule has 6 nitrogen and oxygen atoms in total. The molecule has 0 fully saturated rings. The largest absolute Gasteiger partial charge is 0.479 e. The second kappa shape index (κ2) is 5.08. The molecule has 0 bridgehead atoms. The molecule has 0 aliphatic carbocycles. The first-order chi connectivity index (χ1) is 9.02. The molecule has 1 N–H and O–H groups in total. The SMILES string of the molecule is CCc1ccc(-c2nnnn2C(C)(CC)C(=O)O)s1. The number of hydrogen-bond donors (Lipinski definition) is 1. The van der Waals surface area contributed by atoms with Gasteiger partial charge in [0.2, 0.25) is 0 Å². The Morgan fingerprint density at radius 1 is 1.47 bits per heavy atom. The van der Waals surface area contributed by atoms with E-state index in [4.69, 9.17) is 0 Å². The van der Waals surface area contributed by atoms with E-state index in [-0.39, 0.29) is 0 Å². The summed E-state index contributed by atoms with van der Waals surface area (Å²) in [6, 6.07) is 3.95. The monoisotopic (exact) mass is 280 g/mol. The van der Waals surface area contributed by atoms with Gasteiger partial charge in [-0.2, -0.15) is 0 Å². The standard InChI is InChI=1S/C12H16N4O2S/c1-4-8-6-7-9(19-8)10-13-14-15-16(10)12(3,5-2)11(17)18/h6-7H,4-5H2,1-3H3,(H,17,18). The average molecular weight is 280 g/mol. The van der Waals surface area contributed by atoms with Crippen molar-refractivity contribution in [1.82, 2.24) is 20.2 Å². The first-order valence-corrected chi connectivity index (χ1v) is 6.96. The minimum Gasteiger partial charge on any atom is -0.479 e. The molecule has 1 unspecified atom stereocenters. The molecule has 0 aliphatic heterocycles. The number of hydrogen-bond acceptors (Lipinski definition) is 5. The lowest BCUT2D eigenvalue weighted by Crippen LogP contribution is -2.39. The number of thiophene rings is 1. The first-order valence-electron chi connectivity index (χ1n) is 6.14. The Labute approximate surface area is 115 Å². The van der Waals surface area contributed by atoms with Crippen LogP contribution in [0.3, 0.4) is 0 Å². The molecule has 2 aromatic rings. The van der Waals surface area contributed by atoms with Crippen LogP contribution in [0.1, 0.15) is 32.1 Å². The Balaban J connectivity index is 2.50. The van der Waals surface area contributed by atoms with E-state index < -0.39 is 11.5 Å². The predicted molar refractivity (Wildman–Crippen MR) is 72.1 cm³/mol. The second-order valence-corrected chi connectivity index (χ2v) is 5.63. The molecular weight excluding hydrogens is 264 g/mol. The number of tetrazole rings is 1. The molecule has 0 saturated carbocycles. The van der Waals surface area contributed by atoms with Crippen LogP contribution in [-0.4, -0.2) is 31.3 Å². The number of nitrogens with zero attached hydrogens (tertiary/aromatic N) is 4. The third kappa shape index (κ3) is 2.25. The Bertz CT molecular complexity index is 592. The predicted octanol–water partition coefficient (Wildman–Crippen LogP) is 2.17. The van der Waals surface area contributed by atoms with Gasteiger partial charge in [-0.15, -0.1) is 16.4 Å². The van der Waals surface area contributed by atoms with Crippen molar-refractivity contribution in [3.05, 3.63) is 17.0 Å². The highest BCUT2D eigenvalue weighted by atomic mass is 32.1. The lowest BCUT2D eigenvalue weighted by molar-refractivity contribution is -0.147. The van der Waals surface area contributed by atoms with Gasteiger partial charge in [-0.25, -0.2) is 9.48 Å². The highest BCUT2D eigenvalue weighted by Gasteiger charge is 2.37. The van der Waals surface area contributed by atoms with Crippen LogP contribution in [0.4, 0.5) is 0 Å². The molecule has 0 spiro atoms. The fraction of sp³-hybridized carbons (Fsp3) is 0.500. The van der Waals surface area contributed by atoms with Crippen LogP contribution < -0.4 is 0 Å². The van der Waals surface area contributed by atoms with E-state index in [9.17, 15) is 9.90 Å². The van der Waals surface area contributed by atoms with E-state index >= 15 is 0 Å². The Kier molecular flexibility index (Phi) is 3.66. The highest BCUT2D eigenvalue weighted by molar-refractivity contribution is 7.15. The molecule has 2 aromatic heterocycles. The fourth-order valence-electron chi connectivity index (χ4n) is 1.75. The van der Waals surface area contributed by atoms with Crippen LogP contribution in [0.25, 0.3) is 10.7 Å². The summed E-state index contributed by atoms with van der Waals surface area (Å²) in [5, 5.41) is 20.9. The van der Waals surface area contributed by atoms with E-state index in [1.54, 1.807) is 18.3 Å². The van der Waals surface area contributed by atoms with E-state index in [1.165, 1.54) is 9.56 Å². The van der Waals surface area contributed by atoms with Crippen molar-refractivity contribution in [3.63, 3.8) is 0 Å². The van der Waals surface area contributed by atoms with Gasteiger partial charge in [-0.1, -0.05) is 13.8 Å². The Morgan fingerprint density at radius 3 is 2.74 bits per heavy atom. The van der Waals surface area contributed by atoms with Crippen LogP contribution in [0.15, 0.2) is 12.1 Å². The summed E-state index contributed by atoms with van der Waals surface area (Å²) >= 11 is 1.59. The maximum absolute atomic E-state index is 11.5. The molecule has 0 aromatic carbocycles. The number of carboxylic acid groups (broad SMARTS) is 1. The van der Waals surface area contributed by atoms with Gasteiger partial charge >= 0.3 is 5.97 Å². The maximum Gasteiger partial charge on any atom is 0.331 e. The van der Waals surface area contributed by atoms with Crippen molar-refractivity contribution < 1.29 is 9.90 Å². The van der Waals surface area contributed by atoms with Crippen molar-refractivity contribution in [1.29, 1.82) is 0 Å². The Hall–Kier alpha value is -1.76. The van der Waals surface area contributed by atoms with Crippen molar-refractivity contribution in [2.75, 3.05) is 0 Å². The lowest BCUT2D eigenvalue weighted by atomic mass is 9.99. The van der Waals surface area contributed by atoms with E-state index in [0.29, 0.717) is 12.2 Å². The summed E-state index contributed by atoms with van der Waals surface area (Å²) < 4.78 is 1.40. The van der Waals surface area contributed by atoms with E-state index in [1.807, 2.05) is 19.1 Å². The molecule has 7 heteroatoms.